The quantitative estimate of drug-likeness (QED) is 0.0246. The standard InChI is InChI=1S/C74H70N4O4/c1-3-5-7-9-11-13-19-53-25-43-63(44-26-53)75-77-65-47-37-57(38-48-65)55-29-33-61(34-30-55)73(79)81-69-51-41-59-21-15-17-23-67(59)71(69)72-68-24-18-16-22-60(68)42-52-70(72)82-74(80)62-35-31-56(32-36-62)58-39-49-66(50-40-58)78-76-64-45-27-54(28-46-64)20-14-12-10-8-6-4-2/h15-18,21-52H,3-14,19-20H2,1-2H3. The van der Waals surface area contributed by atoms with Gasteiger partial charge in [-0.2, -0.15) is 20.5 Å². The van der Waals surface area contributed by atoms with Gasteiger partial charge in [0, 0.05) is 11.1 Å². The summed E-state index contributed by atoms with van der Waals surface area (Å²) in [4.78, 5) is 28.4. The predicted molar refractivity (Wildman–Crippen MR) is 336 cm³/mol. The zero-order valence-electron chi connectivity index (χ0n) is 47.1. The van der Waals surface area contributed by atoms with Gasteiger partial charge in [0.25, 0.3) is 0 Å². The first-order chi connectivity index (χ1) is 40.4. The highest BCUT2D eigenvalue weighted by Gasteiger charge is 2.23. The van der Waals surface area contributed by atoms with Crippen LogP contribution in [0.5, 0.6) is 11.5 Å². The van der Waals surface area contributed by atoms with E-state index in [2.05, 4.69) is 58.6 Å². The summed E-state index contributed by atoms with van der Waals surface area (Å²) in [7, 11) is 0. The second-order valence-electron chi connectivity index (χ2n) is 21.1. The minimum atomic E-state index is -0.522. The number of carbonyl (C=O) groups is 2. The van der Waals surface area contributed by atoms with Crippen LogP contribution in [-0.4, -0.2) is 11.9 Å². The Balaban J connectivity index is 0.805. The number of rotatable bonds is 25. The third kappa shape index (κ3) is 14.8. The lowest BCUT2D eigenvalue weighted by molar-refractivity contribution is 0.0723. The Hall–Kier alpha value is -9.14. The molecule has 10 aromatic rings. The summed E-state index contributed by atoms with van der Waals surface area (Å²) in [6, 6.07) is 70.6. The van der Waals surface area contributed by atoms with Gasteiger partial charge in [-0.25, -0.2) is 9.59 Å². The molecule has 0 spiro atoms. The van der Waals surface area contributed by atoms with Gasteiger partial charge in [0.2, 0.25) is 0 Å². The molecule has 8 nitrogen and oxygen atoms in total. The second-order valence-corrected chi connectivity index (χ2v) is 21.1. The first-order valence-corrected chi connectivity index (χ1v) is 29.3. The summed E-state index contributed by atoms with van der Waals surface area (Å²) in [5.41, 5.74) is 11.7. The molecule has 0 fully saturated rings. The first-order valence-electron chi connectivity index (χ1n) is 29.3. The summed E-state index contributed by atoms with van der Waals surface area (Å²) in [6.07, 6.45) is 17.7. The summed E-state index contributed by atoms with van der Waals surface area (Å²) in [5.74, 6) is -0.377. The van der Waals surface area contributed by atoms with Gasteiger partial charge in [-0.15, -0.1) is 0 Å². The van der Waals surface area contributed by atoms with Crippen molar-refractivity contribution in [2.45, 2.75) is 104 Å². The van der Waals surface area contributed by atoms with E-state index in [1.807, 2.05) is 170 Å². The summed E-state index contributed by atoms with van der Waals surface area (Å²) >= 11 is 0. The molecule has 10 aromatic carbocycles. The maximum Gasteiger partial charge on any atom is 0.343 e. The van der Waals surface area contributed by atoms with E-state index in [9.17, 15) is 9.59 Å². The average molecular weight is 1080 g/mol. The Labute approximate surface area is 482 Å². The summed E-state index contributed by atoms with van der Waals surface area (Å²) < 4.78 is 12.7. The first kappa shape index (κ1) is 56.1. The smallest absolute Gasteiger partial charge is 0.343 e. The number of hydrogen-bond acceptors (Lipinski definition) is 8. The van der Waals surface area contributed by atoms with Gasteiger partial charge < -0.3 is 9.47 Å². The van der Waals surface area contributed by atoms with E-state index in [1.165, 1.54) is 88.2 Å². The number of hydrogen-bond donors (Lipinski definition) is 0. The van der Waals surface area contributed by atoms with Crippen LogP contribution in [0.25, 0.3) is 54.9 Å². The molecule has 410 valence electrons. The number of azo groups is 2. The Morgan fingerprint density at radius 2 is 0.622 bits per heavy atom. The van der Waals surface area contributed by atoms with E-state index in [0.717, 1.165) is 79.4 Å². The van der Waals surface area contributed by atoms with Gasteiger partial charge in [0.05, 0.1) is 33.9 Å². The Kier molecular flexibility index (Phi) is 19.4. The highest BCUT2D eigenvalue weighted by atomic mass is 16.5. The van der Waals surface area contributed by atoms with Crippen molar-refractivity contribution in [3.05, 3.63) is 241 Å². The lowest BCUT2D eigenvalue weighted by Crippen LogP contribution is -2.11. The maximum absolute atomic E-state index is 14.2. The van der Waals surface area contributed by atoms with Crippen molar-refractivity contribution in [3.63, 3.8) is 0 Å². The van der Waals surface area contributed by atoms with Crippen molar-refractivity contribution in [1.82, 2.24) is 0 Å². The van der Waals surface area contributed by atoms with Crippen LogP contribution in [0.15, 0.2) is 239 Å². The van der Waals surface area contributed by atoms with E-state index in [1.54, 1.807) is 24.3 Å². The number of ether oxygens (including phenoxy) is 2. The van der Waals surface area contributed by atoms with Gasteiger partial charge in [-0.05, 0) is 166 Å². The minimum absolute atomic E-state index is 0.333. The molecule has 0 aliphatic heterocycles. The van der Waals surface area contributed by atoms with Gasteiger partial charge in [0.15, 0.2) is 0 Å². The average Bonchev–Trinajstić information content (AvgIpc) is 3.47. The SMILES string of the molecule is CCCCCCCCc1ccc(N=Nc2ccc(-c3ccc(C(=O)Oc4ccc5ccccc5c4-c4c(OC(=O)c5ccc(-c6ccc(N=Nc7ccc(CCCCCCCC)cc7)cc6)cc5)ccc5ccccc45)cc3)cc2)cc1. The molecular formula is C74H70N4O4. The molecule has 0 heterocycles. The van der Waals surface area contributed by atoms with Crippen LogP contribution in [-0.2, 0) is 12.8 Å². The normalized spacial score (nSPS) is 11.5. The zero-order valence-corrected chi connectivity index (χ0v) is 47.1. The predicted octanol–water partition coefficient (Wildman–Crippen LogP) is 22.1. The van der Waals surface area contributed by atoms with Crippen LogP contribution in [0.1, 0.15) is 123 Å². The molecule has 0 aliphatic rings. The number of benzene rings is 10. The number of esters is 2. The third-order valence-corrected chi connectivity index (χ3v) is 15.2. The number of carbonyl (C=O) groups excluding carboxylic acids is 2. The van der Waals surface area contributed by atoms with Gasteiger partial charge >= 0.3 is 11.9 Å². The third-order valence-electron chi connectivity index (χ3n) is 15.2. The fourth-order valence-corrected chi connectivity index (χ4v) is 10.5. The fourth-order valence-electron chi connectivity index (χ4n) is 10.5. The van der Waals surface area contributed by atoms with Gasteiger partial charge in [-0.1, -0.05) is 212 Å². The van der Waals surface area contributed by atoms with Crippen LogP contribution >= 0.6 is 0 Å². The van der Waals surface area contributed by atoms with Crippen LogP contribution in [0.2, 0.25) is 0 Å². The molecule has 82 heavy (non-hydrogen) atoms. The van der Waals surface area contributed by atoms with Crippen molar-refractivity contribution in [1.29, 1.82) is 0 Å². The Bertz CT molecular complexity index is 3520. The lowest BCUT2D eigenvalue weighted by atomic mass is 9.92. The highest BCUT2D eigenvalue weighted by molar-refractivity contribution is 6.11. The van der Waals surface area contributed by atoms with E-state index in [0.29, 0.717) is 33.8 Å². The van der Waals surface area contributed by atoms with Crippen molar-refractivity contribution in [2.75, 3.05) is 0 Å². The van der Waals surface area contributed by atoms with E-state index in [4.69, 9.17) is 9.47 Å². The number of unbranched alkanes of at least 4 members (excludes halogenated alkanes) is 10. The molecule has 0 bridgehead atoms. The molecule has 0 saturated heterocycles. The van der Waals surface area contributed by atoms with E-state index in [-0.39, 0.29) is 0 Å². The molecule has 0 atom stereocenters. The largest absolute Gasteiger partial charge is 0.422 e. The van der Waals surface area contributed by atoms with Crippen LogP contribution in [0.4, 0.5) is 22.7 Å². The lowest BCUT2D eigenvalue weighted by Gasteiger charge is -2.19. The molecule has 0 amide bonds. The Morgan fingerprint density at radius 1 is 0.317 bits per heavy atom. The van der Waals surface area contributed by atoms with Crippen LogP contribution in [0, 0.1) is 0 Å². The molecular weight excluding hydrogens is 1010 g/mol. The number of aryl methyl sites for hydroxylation is 2. The molecule has 0 radical (unpaired) electrons. The molecule has 0 aromatic heterocycles. The molecule has 0 N–H and O–H groups in total. The molecule has 0 aliphatic carbocycles. The van der Waals surface area contributed by atoms with Crippen LogP contribution < -0.4 is 9.47 Å². The maximum atomic E-state index is 14.2. The second kappa shape index (κ2) is 28.3. The van der Waals surface area contributed by atoms with Gasteiger partial charge in [0.1, 0.15) is 11.5 Å². The van der Waals surface area contributed by atoms with E-state index >= 15 is 0 Å². The zero-order chi connectivity index (χ0) is 56.3. The number of fused-ring (bicyclic) bond motifs is 2. The van der Waals surface area contributed by atoms with Gasteiger partial charge in [-0.3, -0.25) is 0 Å². The number of nitrogens with zero attached hydrogens (tertiary/aromatic N) is 4. The molecule has 0 unspecified atom stereocenters. The summed E-state index contributed by atoms with van der Waals surface area (Å²) in [6.45, 7) is 4.50. The topological polar surface area (TPSA) is 102 Å². The van der Waals surface area contributed by atoms with Crippen molar-refractivity contribution < 1.29 is 19.1 Å². The summed E-state index contributed by atoms with van der Waals surface area (Å²) in [5, 5.41) is 21.5. The van der Waals surface area contributed by atoms with E-state index < -0.39 is 11.9 Å². The monoisotopic (exact) mass is 1080 g/mol. The highest BCUT2D eigenvalue weighted by Crippen LogP contribution is 2.46. The minimum Gasteiger partial charge on any atom is -0.422 e. The Morgan fingerprint density at radius 3 is 0.976 bits per heavy atom. The van der Waals surface area contributed by atoms with Crippen molar-refractivity contribution in [2.24, 2.45) is 20.5 Å². The fraction of sp³-hybridized carbons (Fsp3) is 0.216. The molecule has 10 rings (SSSR count). The molecule has 0 saturated carbocycles. The molecule has 8 heteroatoms. The van der Waals surface area contributed by atoms with Crippen molar-refractivity contribution in [3.8, 4) is 44.9 Å². The van der Waals surface area contributed by atoms with Crippen molar-refractivity contribution >= 4 is 56.2 Å². The van der Waals surface area contributed by atoms with Crippen LogP contribution in [0.3, 0.4) is 0 Å².